The molecule has 0 aliphatic carbocycles. The highest BCUT2D eigenvalue weighted by molar-refractivity contribution is 6.40. The normalized spacial score (nSPS) is 12.9. The molecular formula is C8H16Si. The smallest absolute Gasteiger partial charge is 0.0487 e. The van der Waals surface area contributed by atoms with Gasteiger partial charge in [-0.05, 0) is 18.0 Å². The van der Waals surface area contributed by atoms with Crippen molar-refractivity contribution in [3.05, 3.63) is 12.2 Å². The topological polar surface area (TPSA) is 0 Å². The van der Waals surface area contributed by atoms with Crippen LogP contribution in [0.25, 0.3) is 0 Å². The number of hydrogen-bond donors (Lipinski definition) is 0. The minimum absolute atomic E-state index is 0.527. The molecular weight excluding hydrogens is 124 g/mol. The molecule has 0 spiro atoms. The fourth-order valence-corrected chi connectivity index (χ4v) is 1.45. The summed E-state index contributed by atoms with van der Waals surface area (Å²) in [7, 11) is 1.06. The van der Waals surface area contributed by atoms with Crippen molar-refractivity contribution in [3.63, 3.8) is 0 Å². The Morgan fingerprint density at radius 3 is 2.22 bits per heavy atom. The van der Waals surface area contributed by atoms with Gasteiger partial charge in [-0.1, -0.05) is 32.9 Å². The molecule has 0 heterocycles. The van der Waals surface area contributed by atoms with E-state index in [-0.39, 0.29) is 0 Å². The minimum atomic E-state index is 0.527. The van der Waals surface area contributed by atoms with Gasteiger partial charge in [0.1, 0.15) is 0 Å². The van der Waals surface area contributed by atoms with Gasteiger partial charge in [-0.25, -0.2) is 0 Å². The maximum absolute atomic E-state index is 2.29. The van der Waals surface area contributed by atoms with Gasteiger partial charge in [0.05, 0.1) is 0 Å². The SMILES string of the molecule is CC=CC[Si]C(C)(C)C. The molecule has 0 aliphatic heterocycles. The second kappa shape index (κ2) is 3.88. The van der Waals surface area contributed by atoms with E-state index in [9.17, 15) is 0 Å². The average Bonchev–Trinajstić information content (AvgIpc) is 1.63. The predicted molar refractivity (Wildman–Crippen MR) is 45.1 cm³/mol. The lowest BCUT2D eigenvalue weighted by molar-refractivity contribution is 0.752. The lowest BCUT2D eigenvalue weighted by Gasteiger charge is -2.14. The molecule has 0 amide bonds. The molecule has 0 N–H and O–H groups in total. The second-order valence-corrected chi connectivity index (χ2v) is 5.46. The third kappa shape index (κ3) is 7.96. The average molecular weight is 140 g/mol. The van der Waals surface area contributed by atoms with E-state index in [0.717, 1.165) is 9.52 Å². The highest BCUT2D eigenvalue weighted by Gasteiger charge is 2.08. The third-order valence-corrected chi connectivity index (χ3v) is 2.49. The largest absolute Gasteiger partial charge is 0.0920 e. The van der Waals surface area contributed by atoms with Gasteiger partial charge in [-0.3, -0.25) is 0 Å². The molecule has 0 aromatic heterocycles. The highest BCUT2D eigenvalue weighted by atomic mass is 28.2. The molecule has 0 nitrogen and oxygen atoms in total. The van der Waals surface area contributed by atoms with Gasteiger partial charge >= 0.3 is 0 Å². The first-order valence-electron chi connectivity index (χ1n) is 3.42. The molecule has 0 saturated carbocycles. The molecule has 0 atom stereocenters. The van der Waals surface area contributed by atoms with Crippen molar-refractivity contribution in [2.45, 2.75) is 38.8 Å². The highest BCUT2D eigenvalue weighted by Crippen LogP contribution is 2.21. The molecule has 2 radical (unpaired) electrons. The van der Waals surface area contributed by atoms with Crippen LogP contribution in [0.2, 0.25) is 11.1 Å². The van der Waals surface area contributed by atoms with E-state index in [4.69, 9.17) is 0 Å². The van der Waals surface area contributed by atoms with Crippen LogP contribution in [0.4, 0.5) is 0 Å². The van der Waals surface area contributed by atoms with Gasteiger partial charge in [0.2, 0.25) is 0 Å². The maximum atomic E-state index is 2.29. The molecule has 0 rings (SSSR count). The van der Waals surface area contributed by atoms with Crippen molar-refractivity contribution < 1.29 is 0 Å². The first-order valence-corrected chi connectivity index (χ1v) is 4.63. The van der Waals surface area contributed by atoms with Crippen molar-refractivity contribution in [1.29, 1.82) is 0 Å². The number of hydrogen-bond acceptors (Lipinski definition) is 0. The quantitative estimate of drug-likeness (QED) is 0.409. The van der Waals surface area contributed by atoms with Gasteiger partial charge in [0.15, 0.2) is 0 Å². The van der Waals surface area contributed by atoms with E-state index in [0.29, 0.717) is 5.04 Å². The van der Waals surface area contributed by atoms with Crippen LogP contribution in [0.3, 0.4) is 0 Å². The fraction of sp³-hybridized carbons (Fsp3) is 0.750. The Morgan fingerprint density at radius 2 is 1.89 bits per heavy atom. The van der Waals surface area contributed by atoms with Gasteiger partial charge in [-0.2, -0.15) is 0 Å². The van der Waals surface area contributed by atoms with Crippen molar-refractivity contribution >= 4 is 9.52 Å². The molecule has 0 fully saturated rings. The zero-order chi connectivity index (χ0) is 7.33. The molecule has 0 bridgehead atoms. The summed E-state index contributed by atoms with van der Waals surface area (Å²) in [5.74, 6) is 0. The van der Waals surface area contributed by atoms with Crippen molar-refractivity contribution in [2.24, 2.45) is 0 Å². The van der Waals surface area contributed by atoms with Crippen molar-refractivity contribution in [1.82, 2.24) is 0 Å². The van der Waals surface area contributed by atoms with Gasteiger partial charge < -0.3 is 0 Å². The molecule has 0 aliphatic rings. The van der Waals surface area contributed by atoms with E-state index in [1.165, 1.54) is 6.04 Å². The summed E-state index contributed by atoms with van der Waals surface area (Å²) in [5, 5.41) is 0.527. The van der Waals surface area contributed by atoms with Crippen molar-refractivity contribution in [2.75, 3.05) is 0 Å². The first-order chi connectivity index (χ1) is 4.06. The molecule has 52 valence electrons. The molecule has 0 aromatic carbocycles. The fourth-order valence-electron chi connectivity index (χ4n) is 0.483. The Balaban J connectivity index is 3.28. The van der Waals surface area contributed by atoms with Crippen LogP contribution in [-0.4, -0.2) is 9.52 Å². The number of allylic oxidation sites excluding steroid dienone is 2. The van der Waals surface area contributed by atoms with E-state index >= 15 is 0 Å². The zero-order valence-electron chi connectivity index (χ0n) is 6.86. The van der Waals surface area contributed by atoms with Crippen LogP contribution in [-0.2, 0) is 0 Å². The van der Waals surface area contributed by atoms with Gasteiger partial charge in [-0.15, -0.1) is 0 Å². The summed E-state index contributed by atoms with van der Waals surface area (Å²) in [6.07, 6.45) is 4.36. The van der Waals surface area contributed by atoms with Crippen LogP contribution >= 0.6 is 0 Å². The summed E-state index contributed by atoms with van der Waals surface area (Å²) in [4.78, 5) is 0. The lowest BCUT2D eigenvalue weighted by Crippen LogP contribution is -2.05. The summed E-state index contributed by atoms with van der Waals surface area (Å²) in [6, 6.07) is 1.25. The Hall–Kier alpha value is -0.0431. The monoisotopic (exact) mass is 140 g/mol. The van der Waals surface area contributed by atoms with Crippen LogP contribution in [0.5, 0.6) is 0 Å². The van der Waals surface area contributed by atoms with Crippen LogP contribution in [0.15, 0.2) is 12.2 Å². The van der Waals surface area contributed by atoms with Gasteiger partial charge in [0.25, 0.3) is 0 Å². The Labute approximate surface area is 61.2 Å². The molecule has 0 unspecified atom stereocenters. The predicted octanol–water partition coefficient (Wildman–Crippen LogP) is 2.90. The van der Waals surface area contributed by atoms with Crippen molar-refractivity contribution in [3.8, 4) is 0 Å². The van der Waals surface area contributed by atoms with Crippen LogP contribution in [0, 0.1) is 0 Å². The summed E-state index contributed by atoms with van der Waals surface area (Å²) in [6.45, 7) is 8.94. The third-order valence-electron chi connectivity index (χ3n) is 0.986. The zero-order valence-corrected chi connectivity index (χ0v) is 7.86. The van der Waals surface area contributed by atoms with E-state index in [1.807, 2.05) is 0 Å². The standard InChI is InChI=1S/C8H16Si/c1-5-6-7-9-8(2,3)4/h5-6H,7H2,1-4H3. The summed E-state index contributed by atoms with van der Waals surface area (Å²) < 4.78 is 0. The Kier molecular flexibility index (Phi) is 3.87. The first kappa shape index (κ1) is 8.96. The Morgan fingerprint density at radius 1 is 1.33 bits per heavy atom. The van der Waals surface area contributed by atoms with Crippen LogP contribution < -0.4 is 0 Å². The molecule has 0 saturated heterocycles. The summed E-state index contributed by atoms with van der Waals surface area (Å²) in [5.41, 5.74) is 0. The van der Waals surface area contributed by atoms with Crippen LogP contribution in [0.1, 0.15) is 27.7 Å². The minimum Gasteiger partial charge on any atom is -0.0920 e. The molecule has 0 aromatic rings. The lowest BCUT2D eigenvalue weighted by atomic mass is 10.3. The van der Waals surface area contributed by atoms with E-state index in [2.05, 4.69) is 39.8 Å². The maximum Gasteiger partial charge on any atom is 0.0487 e. The Bertz CT molecular complexity index is 87.2. The van der Waals surface area contributed by atoms with E-state index < -0.39 is 0 Å². The summed E-state index contributed by atoms with van der Waals surface area (Å²) >= 11 is 0. The van der Waals surface area contributed by atoms with Gasteiger partial charge in [0, 0.05) is 9.52 Å². The molecule has 1 heteroatoms. The van der Waals surface area contributed by atoms with E-state index in [1.54, 1.807) is 0 Å². The molecule has 9 heavy (non-hydrogen) atoms. The number of rotatable bonds is 2. The second-order valence-electron chi connectivity index (χ2n) is 3.20.